The fraction of sp³-hybridized carbons (Fsp3) is 0.769. The molecule has 0 radical (unpaired) electrons. The number of rotatable bonds is 8. The molecule has 0 aromatic heterocycles. The van der Waals surface area contributed by atoms with Crippen LogP contribution in [-0.4, -0.2) is 11.1 Å². The van der Waals surface area contributed by atoms with Crippen LogP contribution >= 0.6 is 0 Å². The van der Waals surface area contributed by atoms with E-state index < -0.39 is 5.97 Å². The van der Waals surface area contributed by atoms with E-state index in [0.29, 0.717) is 11.5 Å². The number of hydrogen-bond acceptors (Lipinski definition) is 1. The Kier molecular flexibility index (Phi) is 7.10. The lowest BCUT2D eigenvalue weighted by atomic mass is 9.86. The molecule has 88 valence electrons. The summed E-state index contributed by atoms with van der Waals surface area (Å²) < 4.78 is 0. The molecule has 0 rings (SSSR count). The summed E-state index contributed by atoms with van der Waals surface area (Å²) in [5, 5.41) is 8.81. The third-order valence-electron chi connectivity index (χ3n) is 3.10. The predicted octanol–water partition coefficient (Wildman–Crippen LogP) is 3.87. The molecule has 0 aliphatic carbocycles. The maximum absolute atomic E-state index is 10.7. The molecule has 0 aliphatic heterocycles. The van der Waals surface area contributed by atoms with Gasteiger partial charge in [-0.2, -0.15) is 0 Å². The van der Waals surface area contributed by atoms with Crippen LogP contribution in [0.15, 0.2) is 12.2 Å². The van der Waals surface area contributed by atoms with E-state index in [1.165, 1.54) is 19.3 Å². The standard InChI is InChI=1S/C13H24O2/c1-5-7-8-12(6-2)9-10(3)11(4)13(14)15/h10,12H,4-9H2,1-3H3,(H,14,15). The van der Waals surface area contributed by atoms with Crippen molar-refractivity contribution in [1.82, 2.24) is 0 Å². The summed E-state index contributed by atoms with van der Waals surface area (Å²) >= 11 is 0. The van der Waals surface area contributed by atoms with E-state index in [1.807, 2.05) is 6.92 Å². The van der Waals surface area contributed by atoms with Gasteiger partial charge in [-0.1, -0.05) is 53.0 Å². The summed E-state index contributed by atoms with van der Waals surface area (Å²) in [6, 6.07) is 0. The van der Waals surface area contributed by atoms with Crippen molar-refractivity contribution < 1.29 is 9.90 Å². The molecular formula is C13H24O2. The first-order valence-corrected chi connectivity index (χ1v) is 5.94. The molecule has 2 nitrogen and oxygen atoms in total. The minimum Gasteiger partial charge on any atom is -0.478 e. The first-order valence-electron chi connectivity index (χ1n) is 5.94. The van der Waals surface area contributed by atoms with Crippen molar-refractivity contribution in [2.75, 3.05) is 0 Å². The Balaban J connectivity index is 4.05. The van der Waals surface area contributed by atoms with Crippen LogP contribution in [0.25, 0.3) is 0 Å². The number of unbranched alkanes of at least 4 members (excludes halogenated alkanes) is 1. The van der Waals surface area contributed by atoms with Crippen LogP contribution < -0.4 is 0 Å². The topological polar surface area (TPSA) is 37.3 Å². The Morgan fingerprint density at radius 2 is 2.00 bits per heavy atom. The van der Waals surface area contributed by atoms with E-state index in [2.05, 4.69) is 20.4 Å². The molecule has 0 aliphatic rings. The molecule has 0 aromatic rings. The number of carbonyl (C=O) groups is 1. The van der Waals surface area contributed by atoms with Crippen LogP contribution in [0.1, 0.15) is 52.9 Å². The molecule has 0 saturated heterocycles. The number of hydrogen-bond donors (Lipinski definition) is 1. The second-order valence-corrected chi connectivity index (χ2v) is 4.38. The van der Waals surface area contributed by atoms with Crippen molar-refractivity contribution in [3.05, 3.63) is 12.2 Å². The lowest BCUT2D eigenvalue weighted by Crippen LogP contribution is -2.13. The summed E-state index contributed by atoms with van der Waals surface area (Å²) in [5.74, 6) is -0.104. The average molecular weight is 212 g/mol. The average Bonchev–Trinajstić information content (AvgIpc) is 2.22. The number of carboxylic acids is 1. The van der Waals surface area contributed by atoms with Crippen molar-refractivity contribution in [2.24, 2.45) is 11.8 Å². The van der Waals surface area contributed by atoms with E-state index in [4.69, 9.17) is 5.11 Å². The van der Waals surface area contributed by atoms with Gasteiger partial charge in [0.1, 0.15) is 0 Å². The molecule has 0 saturated carbocycles. The van der Waals surface area contributed by atoms with Gasteiger partial charge in [0.05, 0.1) is 0 Å². The third kappa shape index (κ3) is 5.60. The lowest BCUT2D eigenvalue weighted by molar-refractivity contribution is -0.133. The SMILES string of the molecule is C=C(C(=O)O)C(C)CC(CC)CCCC. The fourth-order valence-corrected chi connectivity index (χ4v) is 1.83. The predicted molar refractivity (Wildman–Crippen MR) is 63.9 cm³/mol. The van der Waals surface area contributed by atoms with Gasteiger partial charge < -0.3 is 5.11 Å². The van der Waals surface area contributed by atoms with Gasteiger partial charge >= 0.3 is 5.97 Å². The summed E-state index contributed by atoms with van der Waals surface area (Å²) in [7, 11) is 0. The highest BCUT2D eigenvalue weighted by Crippen LogP contribution is 2.25. The van der Waals surface area contributed by atoms with Crippen LogP contribution in [0.5, 0.6) is 0 Å². The second-order valence-electron chi connectivity index (χ2n) is 4.38. The van der Waals surface area contributed by atoms with E-state index in [1.54, 1.807) is 0 Å². The molecule has 0 amide bonds. The van der Waals surface area contributed by atoms with Gasteiger partial charge in [-0.3, -0.25) is 0 Å². The molecule has 0 spiro atoms. The second kappa shape index (κ2) is 7.49. The molecule has 2 unspecified atom stereocenters. The normalized spacial score (nSPS) is 14.6. The number of aliphatic carboxylic acids is 1. The Morgan fingerprint density at radius 1 is 1.40 bits per heavy atom. The zero-order valence-corrected chi connectivity index (χ0v) is 10.3. The summed E-state index contributed by atoms with van der Waals surface area (Å²) in [4.78, 5) is 10.7. The Labute approximate surface area is 93.4 Å². The molecule has 2 atom stereocenters. The molecular weight excluding hydrogens is 188 g/mol. The minimum atomic E-state index is -0.854. The molecule has 0 bridgehead atoms. The molecule has 0 heterocycles. The summed E-state index contributed by atoms with van der Waals surface area (Å²) in [6.07, 6.45) is 5.76. The maximum Gasteiger partial charge on any atom is 0.331 e. The van der Waals surface area contributed by atoms with Crippen LogP contribution in [0.3, 0.4) is 0 Å². The highest BCUT2D eigenvalue weighted by molar-refractivity contribution is 5.86. The van der Waals surface area contributed by atoms with Crippen LogP contribution in [0.2, 0.25) is 0 Å². The monoisotopic (exact) mass is 212 g/mol. The highest BCUT2D eigenvalue weighted by Gasteiger charge is 2.17. The first kappa shape index (κ1) is 14.2. The first-order chi connectivity index (χ1) is 7.02. The van der Waals surface area contributed by atoms with Crippen LogP contribution in [0, 0.1) is 11.8 Å². The largest absolute Gasteiger partial charge is 0.478 e. The molecule has 0 aromatic carbocycles. The van der Waals surface area contributed by atoms with Gasteiger partial charge in [-0.25, -0.2) is 4.79 Å². The van der Waals surface area contributed by atoms with Crippen molar-refractivity contribution in [1.29, 1.82) is 0 Å². The Morgan fingerprint density at radius 3 is 2.40 bits per heavy atom. The van der Waals surface area contributed by atoms with Crippen molar-refractivity contribution >= 4 is 5.97 Å². The number of carboxylic acid groups (broad SMARTS) is 1. The molecule has 0 fully saturated rings. The third-order valence-corrected chi connectivity index (χ3v) is 3.10. The van der Waals surface area contributed by atoms with Crippen LogP contribution in [-0.2, 0) is 4.79 Å². The van der Waals surface area contributed by atoms with Crippen LogP contribution in [0.4, 0.5) is 0 Å². The van der Waals surface area contributed by atoms with E-state index in [0.717, 1.165) is 12.8 Å². The molecule has 1 N–H and O–H groups in total. The zero-order chi connectivity index (χ0) is 11.8. The quantitative estimate of drug-likeness (QED) is 0.620. The summed E-state index contributed by atoms with van der Waals surface area (Å²) in [5.41, 5.74) is 0.352. The lowest BCUT2D eigenvalue weighted by Gasteiger charge is -2.19. The van der Waals surface area contributed by atoms with Gasteiger partial charge in [0.25, 0.3) is 0 Å². The smallest absolute Gasteiger partial charge is 0.331 e. The van der Waals surface area contributed by atoms with Gasteiger partial charge in [-0.15, -0.1) is 0 Å². The van der Waals surface area contributed by atoms with Crippen molar-refractivity contribution in [2.45, 2.75) is 52.9 Å². The van der Waals surface area contributed by atoms with Gasteiger partial charge in [-0.05, 0) is 18.3 Å². The Hall–Kier alpha value is -0.790. The highest BCUT2D eigenvalue weighted by atomic mass is 16.4. The van der Waals surface area contributed by atoms with E-state index in [9.17, 15) is 4.79 Å². The summed E-state index contributed by atoms with van der Waals surface area (Å²) in [6.45, 7) is 9.95. The fourth-order valence-electron chi connectivity index (χ4n) is 1.83. The maximum atomic E-state index is 10.7. The van der Waals surface area contributed by atoms with Gasteiger partial charge in [0, 0.05) is 5.57 Å². The van der Waals surface area contributed by atoms with E-state index in [-0.39, 0.29) is 5.92 Å². The zero-order valence-electron chi connectivity index (χ0n) is 10.3. The minimum absolute atomic E-state index is 0.101. The van der Waals surface area contributed by atoms with Crippen molar-refractivity contribution in [3.63, 3.8) is 0 Å². The van der Waals surface area contributed by atoms with Gasteiger partial charge in [0.2, 0.25) is 0 Å². The molecule has 15 heavy (non-hydrogen) atoms. The van der Waals surface area contributed by atoms with E-state index >= 15 is 0 Å². The van der Waals surface area contributed by atoms with Gasteiger partial charge in [0.15, 0.2) is 0 Å². The molecule has 2 heteroatoms. The Bertz CT molecular complexity index is 209. The van der Waals surface area contributed by atoms with Crippen molar-refractivity contribution in [3.8, 4) is 0 Å².